The number of furan rings is 1. The molecule has 1 amide bonds. The fourth-order valence-corrected chi connectivity index (χ4v) is 2.18. The normalized spacial score (nSPS) is 15.0. The van der Waals surface area contributed by atoms with E-state index in [-0.39, 0.29) is 18.6 Å². The quantitative estimate of drug-likeness (QED) is 0.901. The van der Waals surface area contributed by atoms with Gasteiger partial charge in [0.05, 0.1) is 11.7 Å². The summed E-state index contributed by atoms with van der Waals surface area (Å²) in [6.07, 6.45) is 0. The molecule has 2 heterocycles. The van der Waals surface area contributed by atoms with Crippen molar-refractivity contribution < 1.29 is 13.9 Å². The summed E-state index contributed by atoms with van der Waals surface area (Å²) >= 11 is 0. The SMILES string of the molecule is Cc1ccc(C(C)Nc2ccc3c(c2)NC(=O)CO3)o1. The molecule has 1 unspecified atom stereocenters. The molecule has 1 aromatic carbocycles. The molecule has 0 saturated carbocycles. The van der Waals surface area contributed by atoms with Gasteiger partial charge in [-0.15, -0.1) is 0 Å². The number of carbonyl (C=O) groups excluding carboxylic acids is 1. The molecule has 1 aromatic heterocycles. The van der Waals surface area contributed by atoms with Gasteiger partial charge in [0.25, 0.3) is 5.91 Å². The Hall–Kier alpha value is -2.43. The monoisotopic (exact) mass is 272 g/mol. The van der Waals surface area contributed by atoms with E-state index < -0.39 is 0 Å². The molecule has 1 atom stereocenters. The zero-order chi connectivity index (χ0) is 14.1. The average Bonchev–Trinajstić information content (AvgIpc) is 2.85. The number of hydrogen-bond donors (Lipinski definition) is 2. The van der Waals surface area contributed by atoms with Crippen molar-refractivity contribution in [3.05, 3.63) is 41.9 Å². The second kappa shape index (κ2) is 4.92. The van der Waals surface area contributed by atoms with Crippen LogP contribution in [0.2, 0.25) is 0 Å². The molecule has 5 nitrogen and oxygen atoms in total. The molecule has 0 saturated heterocycles. The van der Waals surface area contributed by atoms with Gasteiger partial charge in [0.1, 0.15) is 17.3 Å². The molecule has 0 spiro atoms. The zero-order valence-corrected chi connectivity index (χ0v) is 11.4. The highest BCUT2D eigenvalue weighted by molar-refractivity contribution is 5.96. The molecular weight excluding hydrogens is 256 g/mol. The Balaban J connectivity index is 1.78. The lowest BCUT2D eigenvalue weighted by Crippen LogP contribution is -2.25. The van der Waals surface area contributed by atoms with Gasteiger partial charge < -0.3 is 19.8 Å². The van der Waals surface area contributed by atoms with E-state index in [2.05, 4.69) is 10.6 Å². The van der Waals surface area contributed by atoms with Gasteiger partial charge in [-0.25, -0.2) is 0 Å². The Morgan fingerprint density at radius 3 is 2.90 bits per heavy atom. The topological polar surface area (TPSA) is 63.5 Å². The summed E-state index contributed by atoms with van der Waals surface area (Å²) in [5, 5.41) is 6.13. The van der Waals surface area contributed by atoms with Crippen LogP contribution < -0.4 is 15.4 Å². The van der Waals surface area contributed by atoms with Gasteiger partial charge in [0.15, 0.2) is 6.61 Å². The van der Waals surface area contributed by atoms with Crippen LogP contribution in [0.5, 0.6) is 5.75 Å². The first-order valence-electron chi connectivity index (χ1n) is 6.51. The summed E-state index contributed by atoms with van der Waals surface area (Å²) in [5.41, 5.74) is 1.59. The van der Waals surface area contributed by atoms with Crippen LogP contribution in [0.25, 0.3) is 0 Å². The summed E-state index contributed by atoms with van der Waals surface area (Å²) in [7, 11) is 0. The number of amides is 1. The number of carbonyl (C=O) groups is 1. The second-order valence-electron chi connectivity index (χ2n) is 4.86. The summed E-state index contributed by atoms with van der Waals surface area (Å²) in [6, 6.07) is 9.56. The molecule has 0 aliphatic carbocycles. The van der Waals surface area contributed by atoms with E-state index in [0.717, 1.165) is 17.2 Å². The van der Waals surface area contributed by atoms with Crippen LogP contribution >= 0.6 is 0 Å². The third kappa shape index (κ3) is 2.47. The molecule has 1 aliphatic heterocycles. The lowest BCUT2D eigenvalue weighted by molar-refractivity contribution is -0.118. The van der Waals surface area contributed by atoms with E-state index >= 15 is 0 Å². The number of hydrogen-bond acceptors (Lipinski definition) is 4. The predicted octanol–water partition coefficient (Wildman–Crippen LogP) is 3.09. The number of rotatable bonds is 3. The van der Waals surface area contributed by atoms with Crippen molar-refractivity contribution in [2.24, 2.45) is 0 Å². The first-order chi connectivity index (χ1) is 9.61. The molecule has 3 rings (SSSR count). The van der Waals surface area contributed by atoms with Crippen molar-refractivity contribution in [1.29, 1.82) is 0 Å². The summed E-state index contributed by atoms with van der Waals surface area (Å²) < 4.78 is 10.9. The number of benzene rings is 1. The van der Waals surface area contributed by atoms with Gasteiger partial charge >= 0.3 is 0 Å². The van der Waals surface area contributed by atoms with Crippen LogP contribution in [0.4, 0.5) is 11.4 Å². The van der Waals surface area contributed by atoms with Gasteiger partial charge in [-0.1, -0.05) is 0 Å². The van der Waals surface area contributed by atoms with Gasteiger partial charge in [-0.2, -0.15) is 0 Å². The Morgan fingerprint density at radius 2 is 2.15 bits per heavy atom. The molecule has 0 radical (unpaired) electrons. The Kier molecular flexibility index (Phi) is 3.10. The van der Waals surface area contributed by atoms with Crippen LogP contribution in [0.3, 0.4) is 0 Å². The van der Waals surface area contributed by atoms with Crippen molar-refractivity contribution in [1.82, 2.24) is 0 Å². The number of anilines is 2. The third-order valence-electron chi connectivity index (χ3n) is 3.18. The molecule has 5 heteroatoms. The van der Waals surface area contributed by atoms with Crippen LogP contribution in [-0.4, -0.2) is 12.5 Å². The first-order valence-corrected chi connectivity index (χ1v) is 6.51. The highest BCUT2D eigenvalue weighted by Crippen LogP contribution is 2.31. The molecule has 20 heavy (non-hydrogen) atoms. The largest absolute Gasteiger partial charge is 0.482 e. The summed E-state index contributed by atoms with van der Waals surface area (Å²) in [5.74, 6) is 2.32. The zero-order valence-electron chi connectivity index (χ0n) is 11.4. The van der Waals surface area contributed by atoms with Crippen molar-refractivity contribution in [2.75, 3.05) is 17.2 Å². The maximum atomic E-state index is 11.3. The molecule has 1 aliphatic rings. The smallest absolute Gasteiger partial charge is 0.262 e. The van der Waals surface area contributed by atoms with Crippen LogP contribution in [0.15, 0.2) is 34.7 Å². The second-order valence-corrected chi connectivity index (χ2v) is 4.86. The van der Waals surface area contributed by atoms with Gasteiger partial charge in [-0.3, -0.25) is 4.79 Å². The van der Waals surface area contributed by atoms with Crippen LogP contribution in [0, 0.1) is 6.92 Å². The minimum absolute atomic E-state index is 0.0435. The third-order valence-corrected chi connectivity index (χ3v) is 3.18. The van der Waals surface area contributed by atoms with E-state index in [1.807, 2.05) is 44.2 Å². The summed E-state index contributed by atoms with van der Waals surface area (Å²) in [6.45, 7) is 4.01. The van der Waals surface area contributed by atoms with Crippen molar-refractivity contribution in [2.45, 2.75) is 19.9 Å². The average molecular weight is 272 g/mol. The standard InChI is InChI=1S/C15H16N2O3/c1-9-3-5-13(20-9)10(2)16-11-4-6-14-12(7-11)17-15(18)8-19-14/h3-7,10,16H,8H2,1-2H3,(H,17,18). The Morgan fingerprint density at radius 1 is 1.30 bits per heavy atom. The van der Waals surface area contributed by atoms with Gasteiger partial charge in [-0.05, 0) is 44.2 Å². The molecule has 0 fully saturated rings. The number of nitrogens with one attached hydrogen (secondary N) is 2. The fourth-order valence-electron chi connectivity index (χ4n) is 2.18. The molecule has 104 valence electrons. The maximum Gasteiger partial charge on any atom is 0.262 e. The highest BCUT2D eigenvalue weighted by atomic mass is 16.5. The highest BCUT2D eigenvalue weighted by Gasteiger charge is 2.17. The number of ether oxygens (including phenoxy) is 1. The molecule has 0 bridgehead atoms. The van der Waals surface area contributed by atoms with Crippen LogP contribution in [0.1, 0.15) is 24.5 Å². The minimum atomic E-state index is -0.135. The first kappa shape index (κ1) is 12.6. The predicted molar refractivity (Wildman–Crippen MR) is 76.0 cm³/mol. The molecule has 2 N–H and O–H groups in total. The Bertz CT molecular complexity index is 648. The Labute approximate surface area is 116 Å². The molecular formula is C15H16N2O3. The minimum Gasteiger partial charge on any atom is -0.482 e. The van der Waals surface area contributed by atoms with Crippen molar-refractivity contribution >= 4 is 17.3 Å². The lowest BCUT2D eigenvalue weighted by atomic mass is 10.2. The van der Waals surface area contributed by atoms with Crippen molar-refractivity contribution in [3.8, 4) is 5.75 Å². The fraction of sp³-hybridized carbons (Fsp3) is 0.267. The number of aryl methyl sites for hydroxylation is 1. The van der Waals surface area contributed by atoms with Crippen molar-refractivity contribution in [3.63, 3.8) is 0 Å². The number of fused-ring (bicyclic) bond motifs is 1. The van der Waals surface area contributed by atoms with E-state index in [4.69, 9.17) is 9.15 Å². The van der Waals surface area contributed by atoms with Gasteiger partial charge in [0.2, 0.25) is 0 Å². The van der Waals surface area contributed by atoms with E-state index in [9.17, 15) is 4.79 Å². The lowest BCUT2D eigenvalue weighted by Gasteiger charge is -2.20. The van der Waals surface area contributed by atoms with E-state index in [1.54, 1.807) is 0 Å². The molecule has 2 aromatic rings. The summed E-state index contributed by atoms with van der Waals surface area (Å²) in [4.78, 5) is 11.3. The van der Waals surface area contributed by atoms with E-state index in [1.165, 1.54) is 0 Å². The maximum absolute atomic E-state index is 11.3. The van der Waals surface area contributed by atoms with E-state index in [0.29, 0.717) is 11.4 Å². The van der Waals surface area contributed by atoms with Crippen LogP contribution in [-0.2, 0) is 4.79 Å². The van der Waals surface area contributed by atoms with Gasteiger partial charge in [0, 0.05) is 5.69 Å².